The number of fused-ring (bicyclic) bond motifs is 1. The quantitative estimate of drug-likeness (QED) is 0.216. The SMILES string of the molecule is O.O=C([O-])CN1CCN(CC(=O)[O-])CCN(CC(=O)N2CCOCCOCCN(Cc3ccc4ccccc4n3)CCOCCOCC2)CCN(CC(=O)[O-])CC1.[Gd+3]. The molecule has 0 aliphatic carbocycles. The first-order valence-electron chi connectivity index (χ1n) is 19.3. The summed E-state index contributed by atoms with van der Waals surface area (Å²) in [5.41, 5.74) is 1.93. The van der Waals surface area contributed by atoms with E-state index in [1.165, 1.54) is 0 Å². The van der Waals surface area contributed by atoms with Crippen molar-refractivity contribution in [2.45, 2.75) is 6.54 Å². The van der Waals surface area contributed by atoms with Crippen molar-refractivity contribution >= 4 is 34.7 Å². The molecule has 0 unspecified atom stereocenters. The van der Waals surface area contributed by atoms with Gasteiger partial charge in [0.05, 0.1) is 88.5 Å². The number of hydrogen-bond donors (Lipinski definition) is 0. The maximum absolute atomic E-state index is 13.8. The van der Waals surface area contributed by atoms with Crippen molar-refractivity contribution in [3.8, 4) is 0 Å². The average molecular weight is 962 g/mol. The molecule has 20 heteroatoms. The fraction of sp³-hybridized carbons (Fsp3) is 0.658. The molecule has 1 aromatic heterocycles. The number of pyridine rings is 1. The van der Waals surface area contributed by atoms with E-state index in [9.17, 15) is 34.5 Å². The van der Waals surface area contributed by atoms with Crippen LogP contribution in [-0.4, -0.2) is 221 Å². The Morgan fingerprint density at radius 3 is 1.33 bits per heavy atom. The van der Waals surface area contributed by atoms with Crippen LogP contribution in [0.4, 0.5) is 0 Å². The number of para-hydroxylation sites is 1. The van der Waals surface area contributed by atoms with Crippen LogP contribution in [-0.2, 0) is 44.7 Å². The summed E-state index contributed by atoms with van der Waals surface area (Å²) in [6.45, 7) is 6.52. The van der Waals surface area contributed by atoms with Gasteiger partial charge in [-0.1, -0.05) is 24.3 Å². The molecular weight excluding hydrogens is 904 g/mol. The minimum absolute atomic E-state index is 0. The number of ether oxygens (including phenoxy) is 4. The van der Waals surface area contributed by atoms with Crippen molar-refractivity contribution in [1.29, 1.82) is 0 Å². The monoisotopic (exact) mass is 962 g/mol. The molecule has 3 heterocycles. The van der Waals surface area contributed by atoms with E-state index in [1.807, 2.05) is 35.2 Å². The number of amides is 1. The van der Waals surface area contributed by atoms with Crippen molar-refractivity contribution in [1.82, 2.24) is 34.4 Å². The molecule has 2 saturated heterocycles. The zero-order valence-electron chi connectivity index (χ0n) is 33.1. The van der Waals surface area contributed by atoms with Crippen LogP contribution in [0.15, 0.2) is 36.4 Å². The Hall–Kier alpha value is -2.57. The minimum atomic E-state index is -1.29. The van der Waals surface area contributed by atoms with Gasteiger partial charge in [0.15, 0.2) is 0 Å². The second-order valence-electron chi connectivity index (χ2n) is 13.8. The van der Waals surface area contributed by atoms with Gasteiger partial charge in [0.25, 0.3) is 0 Å². The van der Waals surface area contributed by atoms with Crippen LogP contribution in [0.2, 0.25) is 0 Å². The Bertz CT molecular complexity index is 1460. The third-order valence-electron chi connectivity index (χ3n) is 9.60. The number of carboxylic acids is 3. The number of aromatic nitrogens is 1. The Morgan fingerprint density at radius 1 is 0.500 bits per heavy atom. The Kier molecular flexibility index (Phi) is 26.3. The van der Waals surface area contributed by atoms with Gasteiger partial charge in [0.2, 0.25) is 5.91 Å². The molecule has 2 aliphatic rings. The molecule has 325 valence electrons. The van der Waals surface area contributed by atoms with Crippen LogP contribution in [0.25, 0.3) is 10.9 Å². The zero-order chi connectivity index (χ0) is 40.0. The summed E-state index contributed by atoms with van der Waals surface area (Å²) in [5.74, 6) is -4.03. The smallest absolute Gasteiger partial charge is 0.549 e. The van der Waals surface area contributed by atoms with Gasteiger partial charge in [-0.25, -0.2) is 0 Å². The molecule has 1 amide bonds. The number of hydrogen-bond acceptors (Lipinski definition) is 17. The molecule has 0 bridgehead atoms. The molecule has 58 heavy (non-hydrogen) atoms. The van der Waals surface area contributed by atoms with Gasteiger partial charge in [-0.05, 0) is 12.1 Å². The predicted octanol–water partition coefficient (Wildman–Crippen LogP) is -5.41. The molecule has 4 rings (SSSR count). The standard InChI is InChI=1S/C38H59N7O11.Gd.H2O/c46-35(28-40-7-9-41(29-36(47)48)11-13-43(31-38(51)52)14-12-42(10-8-40)30-37(49)50)45-17-21-55-25-23-53-19-15-44(16-20-54-24-26-56-22-18-45)27-33-6-5-32-3-1-2-4-34(32)39-33;;/h1-6H,7-31H2,(H,47,48)(H,49,50)(H,51,52);;1H2/q;+3;/p-3. The van der Waals surface area contributed by atoms with E-state index in [1.54, 1.807) is 19.6 Å². The van der Waals surface area contributed by atoms with Crippen LogP contribution in [0, 0.1) is 39.9 Å². The molecule has 2 N–H and O–H groups in total. The van der Waals surface area contributed by atoms with Crippen molar-refractivity contribution in [3.63, 3.8) is 0 Å². The number of aliphatic carboxylic acids is 3. The summed E-state index contributed by atoms with van der Waals surface area (Å²) in [7, 11) is 0. The van der Waals surface area contributed by atoms with Crippen molar-refractivity contribution in [3.05, 3.63) is 42.1 Å². The van der Waals surface area contributed by atoms with Gasteiger partial charge in [0, 0.05) is 110 Å². The number of carboxylic acid groups (broad SMARTS) is 3. The largest absolute Gasteiger partial charge is 3.00 e. The molecule has 0 atom stereocenters. The van der Waals surface area contributed by atoms with Gasteiger partial charge in [0.1, 0.15) is 0 Å². The summed E-state index contributed by atoms with van der Waals surface area (Å²) in [4.78, 5) is 63.6. The van der Waals surface area contributed by atoms with E-state index in [0.717, 1.165) is 16.6 Å². The zero-order valence-corrected chi connectivity index (χ0v) is 35.4. The number of carbonyl (C=O) groups excluding carboxylic acids is 4. The normalized spacial score (nSPS) is 19.6. The van der Waals surface area contributed by atoms with Crippen LogP contribution in [0.1, 0.15) is 5.69 Å². The molecule has 0 spiro atoms. The van der Waals surface area contributed by atoms with Gasteiger partial charge >= 0.3 is 39.9 Å². The molecule has 19 nitrogen and oxygen atoms in total. The third kappa shape index (κ3) is 21.1. The maximum Gasteiger partial charge on any atom is 3.00 e. The first-order valence-corrected chi connectivity index (χ1v) is 19.3. The van der Waals surface area contributed by atoms with Crippen LogP contribution in [0.5, 0.6) is 0 Å². The van der Waals surface area contributed by atoms with Crippen molar-refractivity contribution in [2.75, 3.05) is 158 Å². The molecule has 2 fully saturated rings. The minimum Gasteiger partial charge on any atom is -0.549 e. The molecule has 0 saturated carbocycles. The summed E-state index contributed by atoms with van der Waals surface area (Å²) in [6, 6.07) is 12.2. The fourth-order valence-corrected chi connectivity index (χ4v) is 6.49. The summed E-state index contributed by atoms with van der Waals surface area (Å²) in [6.07, 6.45) is 0. The van der Waals surface area contributed by atoms with E-state index in [2.05, 4.69) is 11.0 Å². The predicted molar refractivity (Wildman–Crippen MR) is 201 cm³/mol. The first kappa shape index (κ1) is 51.6. The van der Waals surface area contributed by atoms with Gasteiger partial charge < -0.3 is 59.0 Å². The average Bonchev–Trinajstić information content (AvgIpc) is 3.15. The number of nitrogens with zero attached hydrogens (tertiary/aromatic N) is 7. The Balaban J connectivity index is 0.00000580. The fourth-order valence-electron chi connectivity index (χ4n) is 6.49. The van der Waals surface area contributed by atoms with Crippen LogP contribution in [0.3, 0.4) is 0 Å². The van der Waals surface area contributed by atoms with E-state index in [-0.39, 0.29) is 130 Å². The molecule has 1 aromatic carbocycles. The van der Waals surface area contributed by atoms with Gasteiger partial charge in [-0.15, -0.1) is 0 Å². The first-order chi connectivity index (χ1) is 27.1. The molecule has 2 aliphatic heterocycles. The third-order valence-corrected chi connectivity index (χ3v) is 9.60. The van der Waals surface area contributed by atoms with Crippen molar-refractivity contribution in [2.24, 2.45) is 0 Å². The molecular formula is C38H58GdN7O12. The van der Waals surface area contributed by atoms with Crippen LogP contribution < -0.4 is 15.3 Å². The van der Waals surface area contributed by atoms with Gasteiger partial charge in [-0.3, -0.25) is 34.3 Å². The number of rotatable bonds is 10. The van der Waals surface area contributed by atoms with E-state index >= 15 is 0 Å². The molecule has 2 aromatic rings. The second-order valence-corrected chi connectivity index (χ2v) is 13.8. The van der Waals surface area contributed by atoms with Gasteiger partial charge in [-0.2, -0.15) is 0 Å². The number of benzene rings is 1. The topological polar surface area (TPSA) is 238 Å². The van der Waals surface area contributed by atoms with E-state index in [0.29, 0.717) is 85.5 Å². The van der Waals surface area contributed by atoms with Crippen LogP contribution >= 0.6 is 0 Å². The summed E-state index contributed by atoms with van der Waals surface area (Å²) in [5, 5.41) is 35.5. The summed E-state index contributed by atoms with van der Waals surface area (Å²) >= 11 is 0. The summed E-state index contributed by atoms with van der Waals surface area (Å²) < 4.78 is 23.4. The van der Waals surface area contributed by atoms with Crippen molar-refractivity contribution < 1.29 is 98.9 Å². The van der Waals surface area contributed by atoms with E-state index < -0.39 is 17.9 Å². The van der Waals surface area contributed by atoms with E-state index in [4.69, 9.17) is 23.9 Å². The molecule has 1 radical (unpaired) electrons. The number of carbonyl (C=O) groups is 4. The Morgan fingerprint density at radius 2 is 0.897 bits per heavy atom. The Labute approximate surface area is 372 Å². The maximum atomic E-state index is 13.8. The second kappa shape index (κ2) is 29.6.